The molecule has 4 saturated carbocycles. The summed E-state index contributed by atoms with van der Waals surface area (Å²) in [6, 6.07) is 6.90. The van der Waals surface area contributed by atoms with E-state index in [2.05, 4.69) is 10.6 Å². The van der Waals surface area contributed by atoms with Gasteiger partial charge in [0, 0.05) is 43.7 Å². The first kappa shape index (κ1) is 20.9. The quantitative estimate of drug-likeness (QED) is 0.675. The number of hydrogen-bond donors (Lipinski definition) is 2. The Bertz CT molecular complexity index is 780. The molecule has 0 heterocycles. The van der Waals surface area contributed by atoms with Crippen molar-refractivity contribution in [2.24, 2.45) is 23.2 Å². The van der Waals surface area contributed by atoms with Gasteiger partial charge < -0.3 is 15.5 Å². The highest BCUT2D eigenvalue weighted by molar-refractivity contribution is 5.95. The number of carbonyl (C=O) groups is 3. The molecule has 162 valence electrons. The van der Waals surface area contributed by atoms with Crippen LogP contribution in [0.3, 0.4) is 0 Å². The highest BCUT2D eigenvalue weighted by Crippen LogP contribution is 2.60. The van der Waals surface area contributed by atoms with Crippen LogP contribution in [0.5, 0.6) is 0 Å². The number of anilines is 1. The third kappa shape index (κ3) is 4.37. The van der Waals surface area contributed by atoms with E-state index in [1.165, 1.54) is 24.2 Å². The summed E-state index contributed by atoms with van der Waals surface area (Å²) in [5.41, 5.74) is 1.14. The molecule has 0 aromatic heterocycles. The average Bonchev–Trinajstić information content (AvgIpc) is 2.70. The Labute approximate surface area is 178 Å². The number of rotatable bonds is 7. The van der Waals surface area contributed by atoms with Gasteiger partial charge in [-0.2, -0.15) is 0 Å². The highest BCUT2D eigenvalue weighted by atomic mass is 16.2. The van der Waals surface area contributed by atoms with Crippen molar-refractivity contribution in [3.8, 4) is 0 Å². The van der Waals surface area contributed by atoms with Crippen LogP contribution in [0, 0.1) is 23.2 Å². The normalized spacial score (nSPS) is 28.8. The first-order chi connectivity index (χ1) is 14.3. The van der Waals surface area contributed by atoms with E-state index in [1.54, 1.807) is 38.4 Å². The third-order valence-corrected chi connectivity index (χ3v) is 7.21. The molecular formula is C24H33N3O3. The van der Waals surface area contributed by atoms with E-state index in [9.17, 15) is 14.4 Å². The Kier molecular flexibility index (Phi) is 5.85. The maximum absolute atomic E-state index is 12.9. The minimum absolute atomic E-state index is 0.0670. The topological polar surface area (TPSA) is 78.5 Å². The van der Waals surface area contributed by atoms with Gasteiger partial charge in [0.25, 0.3) is 5.91 Å². The lowest BCUT2D eigenvalue weighted by Gasteiger charge is -2.55. The molecular weight excluding hydrogens is 378 g/mol. The van der Waals surface area contributed by atoms with Gasteiger partial charge in [0.2, 0.25) is 11.8 Å². The van der Waals surface area contributed by atoms with Gasteiger partial charge in [0.1, 0.15) is 0 Å². The first-order valence-electron chi connectivity index (χ1n) is 11.2. The van der Waals surface area contributed by atoms with Gasteiger partial charge in [-0.15, -0.1) is 0 Å². The fourth-order valence-corrected chi connectivity index (χ4v) is 6.20. The summed E-state index contributed by atoms with van der Waals surface area (Å²) in [6.45, 7) is 0.546. The van der Waals surface area contributed by atoms with E-state index in [0.29, 0.717) is 30.6 Å². The molecule has 6 nitrogen and oxygen atoms in total. The van der Waals surface area contributed by atoms with Gasteiger partial charge in [-0.25, -0.2) is 0 Å². The van der Waals surface area contributed by atoms with Crippen molar-refractivity contribution in [3.05, 3.63) is 29.8 Å². The van der Waals surface area contributed by atoms with Gasteiger partial charge in [-0.3, -0.25) is 14.4 Å². The second-order valence-electron chi connectivity index (χ2n) is 9.88. The van der Waals surface area contributed by atoms with Crippen LogP contribution in [0.4, 0.5) is 5.69 Å². The lowest BCUT2D eigenvalue weighted by Crippen LogP contribution is -2.53. The number of amides is 3. The highest BCUT2D eigenvalue weighted by Gasteiger charge is 2.54. The maximum atomic E-state index is 12.9. The van der Waals surface area contributed by atoms with Crippen LogP contribution in [0.1, 0.15) is 61.7 Å². The largest absolute Gasteiger partial charge is 0.356 e. The van der Waals surface area contributed by atoms with E-state index in [1.807, 2.05) is 0 Å². The Morgan fingerprint density at radius 2 is 1.53 bits per heavy atom. The molecule has 5 rings (SSSR count). The van der Waals surface area contributed by atoms with E-state index in [0.717, 1.165) is 37.0 Å². The maximum Gasteiger partial charge on any atom is 0.253 e. The zero-order valence-corrected chi connectivity index (χ0v) is 18.1. The number of nitrogens with zero attached hydrogens (tertiary/aromatic N) is 1. The van der Waals surface area contributed by atoms with Crippen molar-refractivity contribution in [2.45, 2.75) is 51.4 Å². The molecule has 1 aromatic rings. The van der Waals surface area contributed by atoms with E-state index >= 15 is 0 Å². The molecule has 0 unspecified atom stereocenters. The summed E-state index contributed by atoms with van der Waals surface area (Å²) in [4.78, 5) is 38.6. The van der Waals surface area contributed by atoms with Gasteiger partial charge in [0.05, 0.1) is 0 Å². The predicted octanol–water partition coefficient (Wildman–Crippen LogP) is 3.44. The summed E-state index contributed by atoms with van der Waals surface area (Å²) in [6.07, 6.45) is 8.18. The Hall–Kier alpha value is -2.37. The lowest BCUT2D eigenvalue weighted by atomic mass is 9.49. The summed E-state index contributed by atoms with van der Waals surface area (Å²) in [5.74, 6) is 2.35. The first-order valence-corrected chi connectivity index (χ1v) is 11.2. The molecule has 0 atom stereocenters. The fraction of sp³-hybridized carbons (Fsp3) is 0.625. The van der Waals surface area contributed by atoms with Crippen LogP contribution in [0.15, 0.2) is 24.3 Å². The molecule has 0 spiro atoms. The standard InChI is InChI=1S/C24H33N3O3/c1-27(2)22(29)19-5-7-20(8-6-19)26-21(28)4-3-9-25-23(30)24-13-16-10-17(14-24)12-18(11-16)15-24/h5-8,16-18H,3-4,9-15H2,1-2H3,(H,25,30)(H,26,28). The number of nitrogens with one attached hydrogen (secondary N) is 2. The van der Waals surface area contributed by atoms with Crippen LogP contribution >= 0.6 is 0 Å². The fourth-order valence-electron chi connectivity index (χ4n) is 6.20. The average molecular weight is 412 g/mol. The van der Waals surface area contributed by atoms with Crippen LogP contribution in [-0.2, 0) is 9.59 Å². The molecule has 4 aliphatic rings. The lowest BCUT2D eigenvalue weighted by molar-refractivity contribution is -0.146. The Morgan fingerprint density at radius 1 is 0.967 bits per heavy atom. The summed E-state index contributed by atoms with van der Waals surface area (Å²) in [7, 11) is 3.42. The summed E-state index contributed by atoms with van der Waals surface area (Å²) < 4.78 is 0. The zero-order valence-electron chi connectivity index (χ0n) is 18.1. The minimum Gasteiger partial charge on any atom is -0.356 e. The smallest absolute Gasteiger partial charge is 0.253 e. The third-order valence-electron chi connectivity index (χ3n) is 7.21. The molecule has 4 bridgehead atoms. The van der Waals surface area contributed by atoms with Gasteiger partial charge >= 0.3 is 0 Å². The van der Waals surface area contributed by atoms with Gasteiger partial charge in [-0.05, 0) is 87.0 Å². The molecule has 6 heteroatoms. The molecule has 1 aromatic carbocycles. The van der Waals surface area contributed by atoms with Crippen LogP contribution in [-0.4, -0.2) is 43.3 Å². The van der Waals surface area contributed by atoms with Crippen LogP contribution < -0.4 is 10.6 Å². The van der Waals surface area contributed by atoms with E-state index < -0.39 is 0 Å². The van der Waals surface area contributed by atoms with Crippen molar-refractivity contribution in [3.63, 3.8) is 0 Å². The second-order valence-corrected chi connectivity index (χ2v) is 9.88. The Balaban J connectivity index is 1.19. The molecule has 0 radical (unpaired) electrons. The van der Waals surface area contributed by atoms with E-state index in [4.69, 9.17) is 0 Å². The zero-order chi connectivity index (χ0) is 21.3. The van der Waals surface area contributed by atoms with Crippen molar-refractivity contribution in [1.82, 2.24) is 10.2 Å². The second kappa shape index (κ2) is 8.40. The van der Waals surface area contributed by atoms with Crippen molar-refractivity contribution >= 4 is 23.4 Å². The minimum atomic E-state index is -0.122. The van der Waals surface area contributed by atoms with Crippen molar-refractivity contribution in [2.75, 3.05) is 26.0 Å². The van der Waals surface area contributed by atoms with Crippen LogP contribution in [0.2, 0.25) is 0 Å². The molecule has 0 aliphatic heterocycles. The molecule has 0 saturated heterocycles. The number of benzene rings is 1. The summed E-state index contributed by atoms with van der Waals surface area (Å²) in [5, 5.41) is 5.99. The van der Waals surface area contributed by atoms with Crippen molar-refractivity contribution < 1.29 is 14.4 Å². The molecule has 4 aliphatic carbocycles. The number of hydrogen-bond acceptors (Lipinski definition) is 3. The van der Waals surface area contributed by atoms with Gasteiger partial charge in [-0.1, -0.05) is 0 Å². The van der Waals surface area contributed by atoms with Crippen LogP contribution in [0.25, 0.3) is 0 Å². The molecule has 2 N–H and O–H groups in total. The number of carbonyl (C=O) groups excluding carboxylic acids is 3. The molecule has 30 heavy (non-hydrogen) atoms. The predicted molar refractivity (Wildman–Crippen MR) is 116 cm³/mol. The van der Waals surface area contributed by atoms with Gasteiger partial charge in [0.15, 0.2) is 0 Å². The SMILES string of the molecule is CN(C)C(=O)c1ccc(NC(=O)CCCNC(=O)C23CC4CC(CC(C4)C2)C3)cc1. The monoisotopic (exact) mass is 411 g/mol. The van der Waals surface area contributed by atoms with Crippen molar-refractivity contribution in [1.29, 1.82) is 0 Å². The Morgan fingerprint density at radius 3 is 2.07 bits per heavy atom. The molecule has 3 amide bonds. The summed E-state index contributed by atoms with van der Waals surface area (Å²) >= 11 is 0. The molecule has 4 fully saturated rings. The van der Waals surface area contributed by atoms with E-state index in [-0.39, 0.29) is 23.1 Å².